The van der Waals surface area contributed by atoms with Gasteiger partial charge in [-0.3, -0.25) is 9.88 Å². The summed E-state index contributed by atoms with van der Waals surface area (Å²) in [6.07, 6.45) is 10.5. The lowest BCUT2D eigenvalue weighted by atomic mass is 9.81. The monoisotopic (exact) mass is 495 g/mol. The fourth-order valence-corrected chi connectivity index (χ4v) is 5.29. The molecule has 8 nitrogen and oxygen atoms in total. The van der Waals surface area contributed by atoms with Gasteiger partial charge in [0, 0.05) is 23.3 Å². The number of halogens is 1. The molecule has 9 heteroatoms. The second-order valence-corrected chi connectivity index (χ2v) is 10.5. The number of rotatable bonds is 3. The summed E-state index contributed by atoms with van der Waals surface area (Å²) in [6, 6.07) is 3.82. The minimum atomic E-state index is -0.613. The van der Waals surface area contributed by atoms with Crippen molar-refractivity contribution in [3.8, 4) is 5.75 Å². The summed E-state index contributed by atoms with van der Waals surface area (Å²) in [5.74, 6) is 1.03. The zero-order valence-corrected chi connectivity index (χ0v) is 21.0. The highest BCUT2D eigenvalue weighted by atomic mass is 35.5. The first-order valence-corrected chi connectivity index (χ1v) is 12.4. The number of hydrogen-bond acceptors (Lipinski definition) is 6. The number of amides is 1. The summed E-state index contributed by atoms with van der Waals surface area (Å²) in [5.41, 5.74) is 2.15. The highest BCUT2D eigenvalue weighted by Crippen LogP contribution is 2.38. The number of pyridine rings is 1. The van der Waals surface area contributed by atoms with Gasteiger partial charge in [0.2, 0.25) is 0 Å². The van der Waals surface area contributed by atoms with Gasteiger partial charge in [-0.1, -0.05) is 11.6 Å². The van der Waals surface area contributed by atoms with Gasteiger partial charge in [-0.15, -0.1) is 0 Å². The Morgan fingerprint density at radius 1 is 1.23 bits per heavy atom. The molecule has 0 aromatic carbocycles. The second-order valence-electron chi connectivity index (χ2n) is 10.1. The van der Waals surface area contributed by atoms with E-state index in [0.717, 1.165) is 59.0 Å². The lowest BCUT2D eigenvalue weighted by Crippen LogP contribution is -2.39. The van der Waals surface area contributed by atoms with Crippen molar-refractivity contribution in [2.24, 2.45) is 16.1 Å². The number of allylic oxidation sites excluding steroid dienone is 1. The quantitative estimate of drug-likeness (QED) is 0.663. The number of aromatic amines is 1. The third-order valence-electron chi connectivity index (χ3n) is 6.49. The predicted octanol–water partition coefficient (Wildman–Crippen LogP) is 4.78. The van der Waals surface area contributed by atoms with Crippen LogP contribution in [-0.4, -0.2) is 34.3 Å². The molecule has 0 radical (unpaired) electrons. The Kier molecular flexibility index (Phi) is 6.40. The van der Waals surface area contributed by atoms with E-state index in [-0.39, 0.29) is 12.0 Å². The number of ether oxygens (including phenoxy) is 2. The smallest absolute Gasteiger partial charge is 0.415 e. The Morgan fingerprint density at radius 3 is 2.74 bits per heavy atom. The Labute approximate surface area is 209 Å². The summed E-state index contributed by atoms with van der Waals surface area (Å²) in [4.78, 5) is 22.6. The van der Waals surface area contributed by atoms with Gasteiger partial charge in [0.15, 0.2) is 0 Å². The minimum absolute atomic E-state index is 0.144. The molecule has 0 saturated heterocycles. The lowest BCUT2D eigenvalue weighted by Gasteiger charge is -2.30. The molecule has 35 heavy (non-hydrogen) atoms. The number of azo groups is 1. The number of nitrogens with zero attached hydrogens (tertiary/aromatic N) is 4. The zero-order chi connectivity index (χ0) is 24.6. The summed E-state index contributed by atoms with van der Waals surface area (Å²) < 4.78 is 11.9. The molecule has 1 amide bonds. The van der Waals surface area contributed by atoms with Crippen molar-refractivity contribution < 1.29 is 14.3 Å². The molecular weight excluding hydrogens is 466 g/mol. The van der Waals surface area contributed by atoms with Crippen molar-refractivity contribution in [2.75, 3.05) is 11.4 Å². The predicted molar refractivity (Wildman–Crippen MR) is 135 cm³/mol. The Hall–Kier alpha value is -3.13. The lowest BCUT2D eigenvalue weighted by molar-refractivity contribution is 0.0584. The highest BCUT2D eigenvalue weighted by molar-refractivity contribution is 6.36. The summed E-state index contributed by atoms with van der Waals surface area (Å²) in [6.45, 7) is 6.32. The first-order chi connectivity index (χ1) is 16.8. The first kappa shape index (κ1) is 23.6. The van der Waals surface area contributed by atoms with Crippen LogP contribution in [0.4, 0.5) is 10.5 Å². The van der Waals surface area contributed by atoms with Gasteiger partial charge in [-0.05, 0) is 76.2 Å². The van der Waals surface area contributed by atoms with Gasteiger partial charge < -0.3 is 14.5 Å². The van der Waals surface area contributed by atoms with Crippen LogP contribution >= 0.6 is 11.6 Å². The number of nitrogens with one attached hydrogen (secondary N) is 1. The van der Waals surface area contributed by atoms with E-state index in [2.05, 4.69) is 20.2 Å². The molecule has 5 rings (SSSR count). The molecule has 0 spiro atoms. The second kappa shape index (κ2) is 9.49. The first-order valence-electron chi connectivity index (χ1n) is 12.1. The van der Waals surface area contributed by atoms with Crippen LogP contribution in [0.15, 0.2) is 45.9 Å². The summed E-state index contributed by atoms with van der Waals surface area (Å²) in [7, 11) is 0. The average molecular weight is 496 g/mol. The van der Waals surface area contributed by atoms with E-state index in [1.807, 2.05) is 39.0 Å². The van der Waals surface area contributed by atoms with Crippen molar-refractivity contribution in [3.63, 3.8) is 0 Å². The molecule has 4 heterocycles. The molecule has 1 saturated carbocycles. The number of aromatic nitrogens is 2. The maximum atomic E-state index is 13.2. The minimum Gasteiger partial charge on any atom is -0.489 e. The van der Waals surface area contributed by atoms with Crippen molar-refractivity contribution >= 4 is 35.2 Å². The van der Waals surface area contributed by atoms with Crippen LogP contribution in [0.2, 0.25) is 0 Å². The van der Waals surface area contributed by atoms with Gasteiger partial charge in [-0.25, -0.2) is 4.79 Å². The SMILES string of the molecule is CC(C)(C)OC(=O)N1CC=C(Cl)C([C@H]2CC[C@H](Oc3cccnc3)CC2)=c2[nH]c3c(c21)CN=NC=3. The standard InChI is InChI=1S/C26H30ClN5O3/c1-26(2,3)35-25(33)32-12-10-20(27)22(23-24(32)19-14-29-30-15-21(19)31-23)16-6-8-17(9-7-16)34-18-5-4-11-28-13-18/h4-5,10-11,13,15-17,31H,6-9,12,14H2,1-3H3/t16-,17-. The number of anilines is 1. The third-order valence-corrected chi connectivity index (χ3v) is 6.85. The van der Waals surface area contributed by atoms with E-state index in [0.29, 0.717) is 18.1 Å². The molecule has 1 fully saturated rings. The largest absolute Gasteiger partial charge is 0.489 e. The molecule has 3 aliphatic rings. The molecule has 1 N–H and O–H groups in total. The fraction of sp³-hybridized carbons (Fsp3) is 0.462. The van der Waals surface area contributed by atoms with Gasteiger partial charge in [0.05, 0.1) is 41.4 Å². The van der Waals surface area contributed by atoms with Crippen molar-refractivity contribution in [1.29, 1.82) is 0 Å². The summed E-state index contributed by atoms with van der Waals surface area (Å²) >= 11 is 6.91. The van der Waals surface area contributed by atoms with Crippen molar-refractivity contribution in [1.82, 2.24) is 9.97 Å². The van der Waals surface area contributed by atoms with E-state index >= 15 is 0 Å². The van der Waals surface area contributed by atoms with E-state index in [4.69, 9.17) is 21.1 Å². The van der Waals surface area contributed by atoms with Gasteiger partial charge in [-0.2, -0.15) is 10.2 Å². The Morgan fingerprint density at radius 2 is 2.03 bits per heavy atom. The maximum Gasteiger partial charge on any atom is 0.415 e. The molecule has 2 aromatic rings. The zero-order valence-electron chi connectivity index (χ0n) is 20.3. The van der Waals surface area contributed by atoms with Crippen molar-refractivity contribution in [3.05, 3.63) is 51.9 Å². The highest BCUT2D eigenvalue weighted by Gasteiger charge is 2.33. The topological polar surface area (TPSA) is 92.2 Å². The van der Waals surface area contributed by atoms with E-state index in [1.165, 1.54) is 0 Å². The van der Waals surface area contributed by atoms with E-state index in [9.17, 15) is 4.79 Å². The van der Waals surface area contributed by atoms with E-state index in [1.54, 1.807) is 23.5 Å². The van der Waals surface area contributed by atoms with Crippen LogP contribution in [0.5, 0.6) is 5.75 Å². The maximum absolute atomic E-state index is 13.2. The molecule has 1 aliphatic carbocycles. The van der Waals surface area contributed by atoms with Gasteiger partial charge >= 0.3 is 6.09 Å². The van der Waals surface area contributed by atoms with Crippen LogP contribution in [-0.2, 0) is 11.3 Å². The van der Waals surface area contributed by atoms with Gasteiger partial charge in [0.1, 0.15) is 11.4 Å². The molecule has 184 valence electrons. The molecule has 0 bridgehead atoms. The van der Waals surface area contributed by atoms with Gasteiger partial charge in [0.25, 0.3) is 0 Å². The molecule has 0 atom stereocenters. The number of fused-ring (bicyclic) bond motifs is 3. The molecule has 2 aromatic heterocycles. The number of hydrogen-bond donors (Lipinski definition) is 1. The molecule has 2 aliphatic heterocycles. The van der Waals surface area contributed by atoms with Crippen LogP contribution < -0.4 is 20.3 Å². The van der Waals surface area contributed by atoms with Crippen molar-refractivity contribution in [2.45, 2.75) is 64.7 Å². The van der Waals surface area contributed by atoms with Crippen LogP contribution in [0.3, 0.4) is 0 Å². The van der Waals surface area contributed by atoms with Crippen LogP contribution in [0, 0.1) is 5.92 Å². The van der Waals surface area contributed by atoms with Crippen LogP contribution in [0.1, 0.15) is 52.0 Å². The number of H-pyrrole nitrogens is 1. The number of carbonyl (C=O) groups excluding carboxylic acids is 1. The number of carbonyl (C=O) groups is 1. The Bertz CT molecular complexity index is 1280. The Balaban J connectivity index is 1.50. The summed E-state index contributed by atoms with van der Waals surface area (Å²) in [5, 5.41) is 10.7. The van der Waals surface area contributed by atoms with Crippen LogP contribution in [0.25, 0.3) is 11.8 Å². The molecular formula is C26H30ClN5O3. The van der Waals surface area contributed by atoms with E-state index < -0.39 is 11.7 Å². The normalized spacial score (nSPS) is 21.9. The molecule has 0 unspecified atom stereocenters. The fourth-order valence-electron chi connectivity index (χ4n) is 4.97. The average Bonchev–Trinajstić information content (AvgIpc) is 3.12. The third kappa shape index (κ3) is 4.98.